The predicted octanol–water partition coefficient (Wildman–Crippen LogP) is 4.71. The van der Waals surface area contributed by atoms with Crippen LogP contribution in [0.1, 0.15) is 24.4 Å². The molecule has 0 radical (unpaired) electrons. The second-order valence-electron chi connectivity index (χ2n) is 8.90. The van der Waals surface area contributed by atoms with Gasteiger partial charge in [-0.05, 0) is 60.8 Å². The van der Waals surface area contributed by atoms with E-state index in [1.807, 2.05) is 18.2 Å². The summed E-state index contributed by atoms with van der Waals surface area (Å²) in [5, 5.41) is 13.4. The van der Waals surface area contributed by atoms with Gasteiger partial charge in [0.25, 0.3) is 0 Å². The SMILES string of the molecule is COc1ccccc1-c1cccc([C@H](NS(=O)(=O)c2cc(Cl)cc(Cl)c2)[C@H](C(=O)O)C(=O)C2CCCN2)c1. The van der Waals surface area contributed by atoms with Gasteiger partial charge < -0.3 is 15.2 Å². The summed E-state index contributed by atoms with van der Waals surface area (Å²) in [6.45, 7) is 0.573. The van der Waals surface area contributed by atoms with Gasteiger partial charge in [-0.15, -0.1) is 0 Å². The molecule has 3 N–H and O–H groups in total. The van der Waals surface area contributed by atoms with Crippen LogP contribution in [-0.4, -0.2) is 45.0 Å². The minimum atomic E-state index is -4.36. The summed E-state index contributed by atoms with van der Waals surface area (Å²) >= 11 is 12.1. The Kier molecular flexibility index (Phi) is 8.74. The third-order valence-corrected chi connectivity index (χ3v) is 8.26. The van der Waals surface area contributed by atoms with Crippen LogP contribution < -0.4 is 14.8 Å². The molecule has 0 saturated carbocycles. The molecule has 0 aliphatic carbocycles. The lowest BCUT2D eigenvalue weighted by atomic mass is 9.85. The molecule has 200 valence electrons. The topological polar surface area (TPSA) is 122 Å². The summed E-state index contributed by atoms with van der Waals surface area (Å²) in [5.74, 6) is -3.17. The first kappa shape index (κ1) is 28.1. The Balaban J connectivity index is 1.84. The van der Waals surface area contributed by atoms with Crippen molar-refractivity contribution in [2.24, 2.45) is 5.92 Å². The number of halogens is 2. The van der Waals surface area contributed by atoms with E-state index in [0.29, 0.717) is 36.3 Å². The lowest BCUT2D eigenvalue weighted by Gasteiger charge is -2.27. The average Bonchev–Trinajstić information content (AvgIpc) is 3.43. The minimum absolute atomic E-state index is 0.0913. The fourth-order valence-corrected chi connectivity index (χ4v) is 6.57. The highest BCUT2D eigenvalue weighted by Gasteiger charge is 2.42. The molecule has 1 heterocycles. The molecule has 4 rings (SSSR count). The zero-order chi connectivity index (χ0) is 27.4. The Hall–Kier alpha value is -2.95. The van der Waals surface area contributed by atoms with Crippen LogP contribution in [0.5, 0.6) is 5.75 Å². The summed E-state index contributed by atoms with van der Waals surface area (Å²) in [7, 11) is -2.83. The maximum absolute atomic E-state index is 13.5. The van der Waals surface area contributed by atoms with Gasteiger partial charge >= 0.3 is 5.97 Å². The van der Waals surface area contributed by atoms with Crippen molar-refractivity contribution in [3.05, 3.63) is 82.3 Å². The van der Waals surface area contributed by atoms with Crippen molar-refractivity contribution in [3.63, 3.8) is 0 Å². The number of carboxylic acids is 1. The molecule has 1 fully saturated rings. The second-order valence-corrected chi connectivity index (χ2v) is 11.5. The van der Waals surface area contributed by atoms with E-state index in [9.17, 15) is 23.1 Å². The zero-order valence-electron chi connectivity index (χ0n) is 20.4. The number of hydrogen-bond donors (Lipinski definition) is 3. The maximum Gasteiger partial charge on any atom is 0.316 e. The lowest BCUT2D eigenvalue weighted by molar-refractivity contribution is -0.148. The summed E-state index contributed by atoms with van der Waals surface area (Å²) in [6, 6.07) is 15.6. The number of carbonyl (C=O) groups is 2. The molecule has 0 bridgehead atoms. The van der Waals surface area contributed by atoms with E-state index >= 15 is 0 Å². The molecule has 0 aromatic heterocycles. The number of sulfonamides is 1. The number of carboxylic acid groups (broad SMARTS) is 1. The highest BCUT2D eigenvalue weighted by Crippen LogP contribution is 2.35. The van der Waals surface area contributed by atoms with Crippen LogP contribution in [-0.2, 0) is 19.6 Å². The Morgan fingerprint density at radius 2 is 1.76 bits per heavy atom. The van der Waals surface area contributed by atoms with Crippen molar-refractivity contribution in [2.75, 3.05) is 13.7 Å². The Bertz CT molecular complexity index is 1440. The molecular weight excluding hydrogens is 551 g/mol. The average molecular weight is 577 g/mol. The van der Waals surface area contributed by atoms with E-state index in [1.165, 1.54) is 25.3 Å². The Labute approximate surface area is 231 Å². The maximum atomic E-state index is 13.5. The summed E-state index contributed by atoms with van der Waals surface area (Å²) < 4.78 is 34.9. The van der Waals surface area contributed by atoms with Gasteiger partial charge in [0, 0.05) is 15.6 Å². The van der Waals surface area contributed by atoms with E-state index in [1.54, 1.807) is 30.3 Å². The third-order valence-electron chi connectivity index (χ3n) is 6.40. The minimum Gasteiger partial charge on any atom is -0.496 e. The normalized spacial score (nSPS) is 17.1. The number of ketones is 1. The van der Waals surface area contributed by atoms with Crippen LogP contribution >= 0.6 is 23.2 Å². The van der Waals surface area contributed by atoms with E-state index in [4.69, 9.17) is 27.9 Å². The number of methoxy groups -OCH3 is 1. The first-order chi connectivity index (χ1) is 18.1. The summed E-state index contributed by atoms with van der Waals surface area (Å²) in [5.41, 5.74) is 1.67. The Morgan fingerprint density at radius 1 is 1.05 bits per heavy atom. The highest BCUT2D eigenvalue weighted by atomic mass is 35.5. The van der Waals surface area contributed by atoms with Gasteiger partial charge in [0.1, 0.15) is 11.7 Å². The van der Waals surface area contributed by atoms with Crippen LogP contribution in [0.15, 0.2) is 71.6 Å². The number of rotatable bonds is 10. The summed E-state index contributed by atoms with van der Waals surface area (Å²) in [6.07, 6.45) is 1.18. The molecule has 3 atom stereocenters. The molecule has 1 aliphatic rings. The van der Waals surface area contributed by atoms with Crippen LogP contribution in [0.25, 0.3) is 11.1 Å². The number of benzene rings is 3. The number of ether oxygens (including phenoxy) is 1. The molecule has 3 aromatic rings. The molecule has 0 amide bonds. The van der Waals surface area contributed by atoms with E-state index in [2.05, 4.69) is 10.0 Å². The van der Waals surface area contributed by atoms with Gasteiger partial charge in [0.2, 0.25) is 10.0 Å². The smallest absolute Gasteiger partial charge is 0.316 e. The van der Waals surface area contributed by atoms with E-state index < -0.39 is 39.8 Å². The van der Waals surface area contributed by atoms with Crippen LogP contribution in [0.2, 0.25) is 10.0 Å². The first-order valence-electron chi connectivity index (χ1n) is 11.8. The van der Waals surface area contributed by atoms with Crippen LogP contribution in [0.4, 0.5) is 0 Å². The van der Waals surface area contributed by atoms with Crippen LogP contribution in [0.3, 0.4) is 0 Å². The number of carbonyl (C=O) groups excluding carboxylic acids is 1. The number of nitrogens with one attached hydrogen (secondary N) is 2. The first-order valence-corrected chi connectivity index (χ1v) is 14.1. The molecule has 1 saturated heterocycles. The predicted molar refractivity (Wildman–Crippen MR) is 145 cm³/mol. The van der Waals surface area contributed by atoms with E-state index in [0.717, 1.165) is 5.56 Å². The summed E-state index contributed by atoms with van der Waals surface area (Å²) in [4.78, 5) is 25.7. The van der Waals surface area contributed by atoms with Gasteiger partial charge in [0.15, 0.2) is 5.78 Å². The molecule has 1 aliphatic heterocycles. The van der Waals surface area contributed by atoms with Gasteiger partial charge in [0.05, 0.1) is 24.1 Å². The van der Waals surface area contributed by atoms with E-state index in [-0.39, 0.29) is 14.9 Å². The number of hydrogen-bond acceptors (Lipinski definition) is 6. The monoisotopic (exact) mass is 576 g/mol. The molecule has 38 heavy (non-hydrogen) atoms. The highest BCUT2D eigenvalue weighted by molar-refractivity contribution is 7.89. The zero-order valence-corrected chi connectivity index (χ0v) is 22.7. The molecular formula is C27H26Cl2N2O6S. The van der Waals surface area contributed by atoms with Crippen molar-refractivity contribution in [1.82, 2.24) is 10.0 Å². The Morgan fingerprint density at radius 3 is 2.39 bits per heavy atom. The lowest BCUT2D eigenvalue weighted by Crippen LogP contribution is -2.46. The van der Waals surface area contributed by atoms with Crippen LogP contribution in [0, 0.1) is 5.92 Å². The second kappa shape index (κ2) is 11.8. The number of para-hydroxylation sites is 1. The van der Waals surface area contributed by atoms with Crippen molar-refractivity contribution in [1.29, 1.82) is 0 Å². The number of Topliss-reactive ketones (excluding diaryl/α,β-unsaturated/α-hetero) is 1. The third kappa shape index (κ3) is 6.19. The van der Waals surface area contributed by atoms with Gasteiger partial charge in [-0.1, -0.05) is 59.6 Å². The fraction of sp³-hybridized carbons (Fsp3) is 0.259. The molecule has 0 spiro atoms. The van der Waals surface area contributed by atoms with Crippen molar-refractivity contribution < 1.29 is 27.9 Å². The molecule has 1 unspecified atom stereocenters. The van der Waals surface area contributed by atoms with Crippen molar-refractivity contribution >= 4 is 45.0 Å². The fourth-order valence-electron chi connectivity index (χ4n) is 4.60. The van der Waals surface area contributed by atoms with Gasteiger partial charge in [-0.3, -0.25) is 9.59 Å². The molecule has 3 aromatic carbocycles. The standard InChI is InChI=1S/C27H26Cl2N2O6S/c1-37-23-10-3-2-8-21(23)16-6-4-7-17(12-16)25(24(27(33)34)26(32)22-9-5-11-30-22)31-38(35,36)20-14-18(28)13-19(29)15-20/h2-4,6-8,10,12-15,22,24-25,30-31H,5,9,11H2,1H3,(H,33,34)/t22?,24-,25-/m0/s1. The molecule has 11 heteroatoms. The van der Waals surface area contributed by atoms with Gasteiger partial charge in [-0.2, -0.15) is 0 Å². The number of aliphatic carboxylic acids is 1. The van der Waals surface area contributed by atoms with Crippen molar-refractivity contribution in [2.45, 2.75) is 29.8 Å². The largest absolute Gasteiger partial charge is 0.496 e. The van der Waals surface area contributed by atoms with Crippen molar-refractivity contribution in [3.8, 4) is 16.9 Å². The quantitative estimate of drug-likeness (QED) is 0.299. The molecule has 8 nitrogen and oxygen atoms in total. The van der Waals surface area contributed by atoms with Gasteiger partial charge in [-0.25, -0.2) is 13.1 Å².